The Labute approximate surface area is 76.3 Å². The van der Waals surface area contributed by atoms with Crippen LogP contribution in [-0.4, -0.2) is 5.88 Å². The third-order valence-electron chi connectivity index (χ3n) is 2.04. The van der Waals surface area contributed by atoms with Crippen LogP contribution in [-0.2, 0) is 0 Å². The van der Waals surface area contributed by atoms with Crippen molar-refractivity contribution in [1.29, 1.82) is 0 Å². The summed E-state index contributed by atoms with van der Waals surface area (Å²) in [4.78, 5) is 0. The molecule has 11 heavy (non-hydrogen) atoms. The largest absolute Gasteiger partial charge is 0.126 e. The molecule has 0 nitrogen and oxygen atoms in total. The average molecular weight is 177 g/mol. The predicted molar refractivity (Wildman–Crippen MR) is 53.2 cm³/mol. The molecule has 0 rings (SSSR count). The Morgan fingerprint density at radius 1 is 1.36 bits per heavy atom. The lowest BCUT2D eigenvalue weighted by Gasteiger charge is -2.25. The monoisotopic (exact) mass is 176 g/mol. The number of hydrogen-bond acceptors (Lipinski definition) is 0. The van der Waals surface area contributed by atoms with Gasteiger partial charge in [0.15, 0.2) is 0 Å². The van der Waals surface area contributed by atoms with Crippen molar-refractivity contribution in [2.45, 2.75) is 47.0 Å². The van der Waals surface area contributed by atoms with Gasteiger partial charge in [0.25, 0.3) is 0 Å². The minimum Gasteiger partial charge on any atom is -0.126 e. The molecule has 1 heteroatoms. The van der Waals surface area contributed by atoms with Crippen LogP contribution < -0.4 is 0 Å². The average Bonchev–Trinajstić information content (AvgIpc) is 1.87. The second-order valence-corrected chi connectivity index (χ2v) is 4.66. The van der Waals surface area contributed by atoms with Crippen molar-refractivity contribution in [3.05, 3.63) is 0 Å². The zero-order valence-corrected chi connectivity index (χ0v) is 9.04. The first-order chi connectivity index (χ1) is 5.02. The van der Waals surface area contributed by atoms with Crippen LogP contribution in [0.1, 0.15) is 47.0 Å². The Balaban J connectivity index is 3.64. The van der Waals surface area contributed by atoms with E-state index in [4.69, 9.17) is 11.6 Å². The van der Waals surface area contributed by atoms with E-state index in [-0.39, 0.29) is 0 Å². The van der Waals surface area contributed by atoms with Crippen LogP contribution in [0.15, 0.2) is 0 Å². The van der Waals surface area contributed by atoms with Gasteiger partial charge in [-0.1, -0.05) is 40.5 Å². The van der Waals surface area contributed by atoms with E-state index >= 15 is 0 Å². The molecule has 1 atom stereocenters. The van der Waals surface area contributed by atoms with Crippen molar-refractivity contribution in [2.24, 2.45) is 11.3 Å². The van der Waals surface area contributed by atoms with Crippen LogP contribution in [0.3, 0.4) is 0 Å². The summed E-state index contributed by atoms with van der Waals surface area (Å²) in [5.74, 6) is 1.61. The molecular formula is C10H21Cl. The SMILES string of the molecule is CCCC(C)CC(C)(C)CCl. The van der Waals surface area contributed by atoms with E-state index in [2.05, 4.69) is 27.7 Å². The third kappa shape index (κ3) is 5.55. The molecule has 1 unspecified atom stereocenters. The first kappa shape index (κ1) is 11.3. The van der Waals surface area contributed by atoms with Gasteiger partial charge in [-0.15, -0.1) is 11.6 Å². The highest BCUT2D eigenvalue weighted by atomic mass is 35.5. The van der Waals surface area contributed by atoms with E-state index in [9.17, 15) is 0 Å². The highest BCUT2D eigenvalue weighted by Crippen LogP contribution is 2.28. The maximum atomic E-state index is 5.84. The molecule has 0 N–H and O–H groups in total. The second kappa shape index (κ2) is 5.03. The molecule has 0 aliphatic heterocycles. The van der Waals surface area contributed by atoms with Crippen LogP contribution >= 0.6 is 11.6 Å². The van der Waals surface area contributed by atoms with E-state index in [1.807, 2.05) is 0 Å². The van der Waals surface area contributed by atoms with Gasteiger partial charge >= 0.3 is 0 Å². The van der Waals surface area contributed by atoms with Crippen LogP contribution in [0.2, 0.25) is 0 Å². The van der Waals surface area contributed by atoms with Crippen molar-refractivity contribution >= 4 is 11.6 Å². The van der Waals surface area contributed by atoms with Gasteiger partial charge in [0, 0.05) is 5.88 Å². The highest BCUT2D eigenvalue weighted by Gasteiger charge is 2.19. The summed E-state index contributed by atoms with van der Waals surface area (Å²) in [5.41, 5.74) is 0.330. The Morgan fingerprint density at radius 3 is 2.27 bits per heavy atom. The van der Waals surface area contributed by atoms with Gasteiger partial charge in [0.05, 0.1) is 0 Å². The molecule has 0 aliphatic carbocycles. The fourth-order valence-corrected chi connectivity index (χ4v) is 1.70. The summed E-state index contributed by atoms with van der Waals surface area (Å²) in [6, 6.07) is 0. The normalized spacial score (nSPS) is 15.0. The zero-order chi connectivity index (χ0) is 8.91. The number of alkyl halides is 1. The lowest BCUT2D eigenvalue weighted by molar-refractivity contribution is 0.300. The Morgan fingerprint density at radius 2 is 1.91 bits per heavy atom. The molecule has 0 aromatic carbocycles. The molecule has 68 valence electrons. The molecular weight excluding hydrogens is 156 g/mol. The van der Waals surface area contributed by atoms with E-state index in [0.29, 0.717) is 5.41 Å². The molecule has 0 aromatic heterocycles. The van der Waals surface area contributed by atoms with E-state index in [0.717, 1.165) is 11.8 Å². The van der Waals surface area contributed by atoms with Gasteiger partial charge in [0.1, 0.15) is 0 Å². The minimum absolute atomic E-state index is 0.330. The maximum absolute atomic E-state index is 5.84. The van der Waals surface area contributed by atoms with Gasteiger partial charge in [-0.3, -0.25) is 0 Å². The van der Waals surface area contributed by atoms with Gasteiger partial charge in [-0.05, 0) is 17.8 Å². The summed E-state index contributed by atoms with van der Waals surface area (Å²) in [7, 11) is 0. The van der Waals surface area contributed by atoms with Crippen LogP contribution in [0.4, 0.5) is 0 Å². The van der Waals surface area contributed by atoms with Crippen molar-refractivity contribution in [3.63, 3.8) is 0 Å². The lowest BCUT2D eigenvalue weighted by atomic mass is 9.83. The smallest absolute Gasteiger partial charge is 0.0274 e. The molecule has 0 saturated carbocycles. The number of hydrogen-bond donors (Lipinski definition) is 0. The van der Waals surface area contributed by atoms with Gasteiger partial charge in [0.2, 0.25) is 0 Å². The third-order valence-corrected chi connectivity index (χ3v) is 2.77. The molecule has 0 spiro atoms. The molecule has 0 heterocycles. The van der Waals surface area contributed by atoms with Crippen molar-refractivity contribution in [3.8, 4) is 0 Å². The Bertz CT molecular complexity index is 97.0. The quantitative estimate of drug-likeness (QED) is 0.554. The van der Waals surface area contributed by atoms with Gasteiger partial charge in [-0.2, -0.15) is 0 Å². The first-order valence-electron chi connectivity index (χ1n) is 4.58. The summed E-state index contributed by atoms with van der Waals surface area (Å²) >= 11 is 5.84. The molecule has 0 bridgehead atoms. The zero-order valence-electron chi connectivity index (χ0n) is 8.28. The van der Waals surface area contributed by atoms with E-state index < -0.39 is 0 Å². The molecule has 0 aromatic rings. The number of rotatable bonds is 5. The summed E-state index contributed by atoms with van der Waals surface area (Å²) in [6.07, 6.45) is 3.88. The molecule has 0 amide bonds. The molecule has 0 aliphatic rings. The Hall–Kier alpha value is 0.290. The van der Waals surface area contributed by atoms with Crippen LogP contribution in [0.25, 0.3) is 0 Å². The standard InChI is InChI=1S/C10H21Cl/c1-5-6-9(2)7-10(3,4)8-11/h9H,5-8H2,1-4H3. The maximum Gasteiger partial charge on any atom is 0.0274 e. The Kier molecular flexibility index (Phi) is 5.16. The van der Waals surface area contributed by atoms with E-state index in [1.54, 1.807) is 0 Å². The number of halogens is 1. The van der Waals surface area contributed by atoms with Crippen molar-refractivity contribution in [2.75, 3.05) is 5.88 Å². The van der Waals surface area contributed by atoms with Crippen molar-refractivity contribution < 1.29 is 0 Å². The summed E-state index contributed by atoms with van der Waals surface area (Å²) in [6.45, 7) is 9.04. The predicted octanol–water partition coefficient (Wildman–Crippen LogP) is 4.08. The summed E-state index contributed by atoms with van der Waals surface area (Å²) < 4.78 is 0. The van der Waals surface area contributed by atoms with Gasteiger partial charge in [-0.25, -0.2) is 0 Å². The van der Waals surface area contributed by atoms with E-state index in [1.165, 1.54) is 19.3 Å². The fraction of sp³-hybridized carbons (Fsp3) is 1.00. The van der Waals surface area contributed by atoms with Crippen LogP contribution in [0, 0.1) is 11.3 Å². The van der Waals surface area contributed by atoms with Crippen LogP contribution in [0.5, 0.6) is 0 Å². The first-order valence-corrected chi connectivity index (χ1v) is 5.11. The molecule has 0 saturated heterocycles. The van der Waals surface area contributed by atoms with Crippen molar-refractivity contribution in [1.82, 2.24) is 0 Å². The topological polar surface area (TPSA) is 0 Å². The fourth-order valence-electron chi connectivity index (χ4n) is 1.59. The highest BCUT2D eigenvalue weighted by molar-refractivity contribution is 6.18. The molecule has 0 radical (unpaired) electrons. The lowest BCUT2D eigenvalue weighted by Crippen LogP contribution is -2.17. The molecule has 0 fully saturated rings. The van der Waals surface area contributed by atoms with Gasteiger partial charge < -0.3 is 0 Å². The minimum atomic E-state index is 0.330. The second-order valence-electron chi connectivity index (χ2n) is 4.40. The summed E-state index contributed by atoms with van der Waals surface area (Å²) in [5, 5.41) is 0.